The van der Waals surface area contributed by atoms with Crippen LogP contribution in [0.25, 0.3) is 16.9 Å². The number of nitrogens with zero attached hydrogens (tertiary/aromatic N) is 3. The number of carbonyl (C=O) groups is 3. The number of hydrogen-bond donors (Lipinski definition) is 1. The number of hydrogen-bond acceptors (Lipinski definition) is 5. The second-order valence-corrected chi connectivity index (χ2v) is 7.70. The third-order valence-corrected chi connectivity index (χ3v) is 5.08. The predicted molar refractivity (Wildman–Crippen MR) is 130 cm³/mol. The molecule has 2 aromatic carbocycles. The summed E-state index contributed by atoms with van der Waals surface area (Å²) in [6, 6.07) is 21.0. The normalized spacial score (nSPS) is 10.5. The van der Waals surface area contributed by atoms with Crippen LogP contribution in [0.3, 0.4) is 0 Å². The Kier molecular flexibility index (Phi) is 8.96. The molecule has 1 N–H and O–H groups in total. The summed E-state index contributed by atoms with van der Waals surface area (Å²) >= 11 is 0. The first-order valence-corrected chi connectivity index (χ1v) is 11.5. The molecule has 8 heteroatoms. The van der Waals surface area contributed by atoms with E-state index in [0.29, 0.717) is 18.8 Å². The molecule has 1 aromatic heterocycles. The number of esters is 1. The molecule has 0 unspecified atom stereocenters. The van der Waals surface area contributed by atoms with Gasteiger partial charge in [-0.25, -0.2) is 4.68 Å². The zero-order valence-electron chi connectivity index (χ0n) is 19.6. The Labute approximate surface area is 199 Å². The van der Waals surface area contributed by atoms with Crippen molar-refractivity contribution in [3.63, 3.8) is 0 Å². The molecule has 0 radical (unpaired) electrons. The minimum absolute atomic E-state index is 0.00425. The third-order valence-electron chi connectivity index (χ3n) is 5.08. The van der Waals surface area contributed by atoms with E-state index in [2.05, 4.69) is 5.32 Å². The van der Waals surface area contributed by atoms with Crippen LogP contribution in [0.4, 0.5) is 5.82 Å². The van der Waals surface area contributed by atoms with Gasteiger partial charge >= 0.3 is 5.97 Å². The summed E-state index contributed by atoms with van der Waals surface area (Å²) in [6.45, 7) is 4.23. The highest BCUT2D eigenvalue weighted by Gasteiger charge is 2.20. The van der Waals surface area contributed by atoms with Crippen molar-refractivity contribution in [2.24, 2.45) is 0 Å². The summed E-state index contributed by atoms with van der Waals surface area (Å²) in [4.78, 5) is 38.6. The molecule has 0 aliphatic carbocycles. The molecule has 178 valence electrons. The van der Waals surface area contributed by atoms with Crippen molar-refractivity contribution in [3.05, 3.63) is 66.7 Å². The first kappa shape index (κ1) is 24.7. The number of amides is 2. The lowest BCUT2D eigenvalue weighted by Gasteiger charge is -2.21. The van der Waals surface area contributed by atoms with Gasteiger partial charge in [0.25, 0.3) is 0 Å². The number of benzene rings is 2. The van der Waals surface area contributed by atoms with Gasteiger partial charge in [0.05, 0.1) is 31.0 Å². The van der Waals surface area contributed by atoms with Crippen molar-refractivity contribution in [1.82, 2.24) is 14.7 Å². The Morgan fingerprint density at radius 1 is 0.971 bits per heavy atom. The van der Waals surface area contributed by atoms with Gasteiger partial charge in [-0.15, -0.1) is 0 Å². The standard InChI is InChI=1S/C26H30N4O4/c1-3-17-29(25(32)15-16-26(33)34-4-2)19-24(31)27-23-18-22(20-11-7-5-8-12-20)28-30(23)21-13-9-6-10-14-21/h5-14,18H,3-4,15-17,19H2,1-2H3,(H,27,31). The highest BCUT2D eigenvalue weighted by molar-refractivity contribution is 5.95. The van der Waals surface area contributed by atoms with E-state index in [4.69, 9.17) is 9.84 Å². The van der Waals surface area contributed by atoms with Crippen molar-refractivity contribution >= 4 is 23.6 Å². The van der Waals surface area contributed by atoms with E-state index in [0.717, 1.165) is 16.9 Å². The van der Waals surface area contributed by atoms with Crippen LogP contribution in [-0.2, 0) is 19.1 Å². The molecule has 0 aliphatic heterocycles. The summed E-state index contributed by atoms with van der Waals surface area (Å²) in [5.41, 5.74) is 2.45. The van der Waals surface area contributed by atoms with E-state index in [1.54, 1.807) is 11.6 Å². The molecule has 34 heavy (non-hydrogen) atoms. The van der Waals surface area contributed by atoms with Crippen molar-refractivity contribution in [1.29, 1.82) is 0 Å². The summed E-state index contributed by atoms with van der Waals surface area (Å²) in [7, 11) is 0. The van der Waals surface area contributed by atoms with Crippen molar-refractivity contribution in [2.75, 3.05) is 25.0 Å². The Hall–Kier alpha value is -3.94. The lowest BCUT2D eigenvalue weighted by Crippen LogP contribution is -2.39. The first-order valence-electron chi connectivity index (χ1n) is 11.5. The van der Waals surface area contributed by atoms with Gasteiger partial charge in [-0.1, -0.05) is 55.5 Å². The third kappa shape index (κ3) is 6.78. The average molecular weight is 463 g/mol. The molecule has 1 heterocycles. The molecule has 0 fully saturated rings. The van der Waals surface area contributed by atoms with Crippen LogP contribution < -0.4 is 5.32 Å². The molecule has 2 amide bonds. The van der Waals surface area contributed by atoms with Crippen LogP contribution in [0.1, 0.15) is 33.1 Å². The maximum atomic E-state index is 12.9. The fraction of sp³-hybridized carbons (Fsp3) is 0.308. The van der Waals surface area contributed by atoms with Gasteiger partial charge in [-0.2, -0.15) is 5.10 Å². The summed E-state index contributed by atoms with van der Waals surface area (Å²) in [6.07, 6.45) is 0.695. The minimum Gasteiger partial charge on any atom is -0.466 e. The molecule has 3 rings (SSSR count). The zero-order valence-corrected chi connectivity index (χ0v) is 19.6. The van der Waals surface area contributed by atoms with Gasteiger partial charge in [0.2, 0.25) is 11.8 Å². The Morgan fingerprint density at radius 2 is 1.65 bits per heavy atom. The quantitative estimate of drug-likeness (QED) is 0.434. The number of aromatic nitrogens is 2. The van der Waals surface area contributed by atoms with Crippen LogP contribution in [0, 0.1) is 0 Å². The molecule has 0 atom stereocenters. The van der Waals surface area contributed by atoms with Gasteiger partial charge < -0.3 is 15.0 Å². The van der Waals surface area contributed by atoms with E-state index in [9.17, 15) is 14.4 Å². The van der Waals surface area contributed by atoms with Gasteiger partial charge in [-0.05, 0) is 25.5 Å². The van der Waals surface area contributed by atoms with Gasteiger partial charge in [0.1, 0.15) is 5.82 Å². The molecular formula is C26H30N4O4. The van der Waals surface area contributed by atoms with Gasteiger partial charge in [0.15, 0.2) is 0 Å². The van der Waals surface area contributed by atoms with Crippen LogP contribution >= 0.6 is 0 Å². The SMILES string of the molecule is CCCN(CC(=O)Nc1cc(-c2ccccc2)nn1-c1ccccc1)C(=O)CCC(=O)OCC. The molecule has 0 spiro atoms. The second kappa shape index (κ2) is 12.3. The number of ether oxygens (including phenoxy) is 1. The number of para-hydroxylation sites is 1. The maximum absolute atomic E-state index is 12.9. The van der Waals surface area contributed by atoms with Gasteiger partial charge in [0, 0.05) is 24.6 Å². The van der Waals surface area contributed by atoms with Crippen LogP contribution in [0.2, 0.25) is 0 Å². The smallest absolute Gasteiger partial charge is 0.306 e. The van der Waals surface area contributed by atoms with E-state index in [1.165, 1.54) is 4.90 Å². The predicted octanol–water partition coefficient (Wildman–Crippen LogP) is 4.06. The summed E-state index contributed by atoms with van der Waals surface area (Å²) < 4.78 is 6.56. The van der Waals surface area contributed by atoms with E-state index < -0.39 is 5.97 Å². The number of nitrogens with one attached hydrogen (secondary N) is 1. The fourth-order valence-electron chi connectivity index (χ4n) is 3.50. The summed E-state index contributed by atoms with van der Waals surface area (Å²) in [5, 5.41) is 7.59. The zero-order chi connectivity index (χ0) is 24.3. The van der Waals surface area contributed by atoms with Gasteiger partial charge in [-0.3, -0.25) is 14.4 Å². The monoisotopic (exact) mass is 462 g/mol. The first-order chi connectivity index (χ1) is 16.5. The largest absolute Gasteiger partial charge is 0.466 e. The lowest BCUT2D eigenvalue weighted by atomic mass is 10.1. The highest BCUT2D eigenvalue weighted by atomic mass is 16.5. The van der Waals surface area contributed by atoms with E-state index >= 15 is 0 Å². The van der Waals surface area contributed by atoms with E-state index in [1.807, 2.05) is 73.7 Å². The highest BCUT2D eigenvalue weighted by Crippen LogP contribution is 2.24. The van der Waals surface area contributed by atoms with Crippen molar-refractivity contribution < 1.29 is 19.1 Å². The number of rotatable bonds is 11. The topological polar surface area (TPSA) is 93.5 Å². The molecule has 0 bridgehead atoms. The Balaban J connectivity index is 1.76. The Morgan fingerprint density at radius 3 is 2.29 bits per heavy atom. The molecule has 3 aromatic rings. The average Bonchev–Trinajstić information content (AvgIpc) is 3.27. The molecule has 0 saturated heterocycles. The lowest BCUT2D eigenvalue weighted by molar-refractivity contribution is -0.145. The number of anilines is 1. The molecule has 8 nitrogen and oxygen atoms in total. The minimum atomic E-state index is -0.419. The molecule has 0 saturated carbocycles. The van der Waals surface area contributed by atoms with E-state index in [-0.39, 0.29) is 37.8 Å². The maximum Gasteiger partial charge on any atom is 0.306 e. The van der Waals surface area contributed by atoms with Crippen LogP contribution in [0.15, 0.2) is 66.7 Å². The van der Waals surface area contributed by atoms with Crippen molar-refractivity contribution in [3.8, 4) is 16.9 Å². The van der Waals surface area contributed by atoms with Crippen LogP contribution in [-0.4, -0.2) is 52.2 Å². The Bertz CT molecular complexity index is 1100. The van der Waals surface area contributed by atoms with Crippen LogP contribution in [0.5, 0.6) is 0 Å². The number of carbonyl (C=O) groups excluding carboxylic acids is 3. The summed E-state index contributed by atoms with van der Waals surface area (Å²) in [5.74, 6) is -0.511. The molecular weight excluding hydrogens is 432 g/mol. The van der Waals surface area contributed by atoms with Crippen molar-refractivity contribution in [2.45, 2.75) is 33.1 Å². The fourth-order valence-corrected chi connectivity index (χ4v) is 3.50. The second-order valence-electron chi connectivity index (χ2n) is 7.70. The molecule has 0 aliphatic rings.